The van der Waals surface area contributed by atoms with Gasteiger partial charge in [-0.15, -0.1) is 6.58 Å². The molecule has 0 radical (unpaired) electrons. The molecule has 4 fully saturated rings. The Balaban J connectivity index is 1.79. The van der Waals surface area contributed by atoms with Crippen molar-refractivity contribution in [1.29, 1.82) is 0 Å². The van der Waals surface area contributed by atoms with Crippen molar-refractivity contribution >= 4 is 0 Å². The van der Waals surface area contributed by atoms with Crippen LogP contribution in [0.15, 0.2) is 12.7 Å². The summed E-state index contributed by atoms with van der Waals surface area (Å²) in [6.07, 6.45) is 5.15. The highest BCUT2D eigenvalue weighted by Crippen LogP contribution is 2.72. The Morgan fingerprint density at radius 1 is 1.17 bits per heavy atom. The van der Waals surface area contributed by atoms with Crippen molar-refractivity contribution in [2.24, 2.45) is 28.1 Å². The molecular weight excluding hydrogens is 304 g/mol. The minimum absolute atomic E-state index is 0.0358. The Hall–Kier alpha value is -0.420. The lowest BCUT2D eigenvalue weighted by Crippen LogP contribution is -2.68. The Kier molecular flexibility index (Phi) is 3.44. The molecule has 136 valence electrons. The van der Waals surface area contributed by atoms with Crippen LogP contribution in [0.25, 0.3) is 0 Å². The largest absolute Gasteiger partial charge is 0.396 e. The van der Waals surface area contributed by atoms with E-state index in [1.807, 2.05) is 6.08 Å². The summed E-state index contributed by atoms with van der Waals surface area (Å²) in [5, 5.41) is 32.2. The van der Waals surface area contributed by atoms with Crippen molar-refractivity contribution < 1.29 is 20.1 Å². The second-order valence-corrected chi connectivity index (χ2v) is 9.82. The van der Waals surface area contributed by atoms with Crippen LogP contribution in [0.1, 0.15) is 52.9 Å². The SMILES string of the molecule is C=C[C@]1(C)CC[C@H]2[C@]3(C1)O[C@@H]3[C@H](O)[C@H]1[C@@](C)(CO)CC[C@H](O)[C@]12C. The van der Waals surface area contributed by atoms with Gasteiger partial charge in [-0.25, -0.2) is 0 Å². The predicted octanol–water partition coefficient (Wildman–Crippen LogP) is 2.27. The van der Waals surface area contributed by atoms with Crippen molar-refractivity contribution in [2.75, 3.05) is 6.61 Å². The summed E-state index contributed by atoms with van der Waals surface area (Å²) in [6, 6.07) is 0. The molecule has 1 spiro atoms. The van der Waals surface area contributed by atoms with Crippen molar-refractivity contribution in [2.45, 2.75) is 76.8 Å². The fourth-order valence-corrected chi connectivity index (χ4v) is 7.03. The maximum Gasteiger partial charge on any atom is 0.114 e. The lowest BCUT2D eigenvalue weighted by Gasteiger charge is -2.63. The van der Waals surface area contributed by atoms with E-state index in [0.29, 0.717) is 6.42 Å². The molecule has 3 saturated carbocycles. The van der Waals surface area contributed by atoms with Crippen molar-refractivity contribution in [3.8, 4) is 0 Å². The fraction of sp³-hybridized carbons (Fsp3) is 0.900. The van der Waals surface area contributed by atoms with Gasteiger partial charge in [0.05, 0.1) is 12.2 Å². The standard InChI is InChI=1S/C20H32O4/c1-5-17(2)8-6-12-19(4)13(22)7-9-18(3,11-21)15(19)14(23)16-20(12,10-17)24-16/h5,12-16,21-23H,1,6-11H2,2-4H3/t12-,13+,14-,15+,16-,17-,18-,19-,20+/m1/s1. The van der Waals surface area contributed by atoms with Gasteiger partial charge in [0.25, 0.3) is 0 Å². The second-order valence-electron chi connectivity index (χ2n) is 9.82. The number of ether oxygens (including phenoxy) is 1. The van der Waals surface area contributed by atoms with E-state index in [9.17, 15) is 15.3 Å². The maximum absolute atomic E-state index is 11.2. The number of aliphatic hydroxyl groups excluding tert-OH is 3. The number of rotatable bonds is 2. The highest BCUT2D eigenvalue weighted by atomic mass is 16.6. The molecule has 0 unspecified atom stereocenters. The Bertz CT molecular complexity index is 564. The van der Waals surface area contributed by atoms with Crippen LogP contribution < -0.4 is 0 Å². The fourth-order valence-electron chi connectivity index (χ4n) is 7.03. The smallest absolute Gasteiger partial charge is 0.114 e. The number of hydrogen-bond donors (Lipinski definition) is 3. The quantitative estimate of drug-likeness (QED) is 0.534. The molecule has 0 aromatic heterocycles. The zero-order valence-electron chi connectivity index (χ0n) is 15.2. The highest BCUT2D eigenvalue weighted by molar-refractivity contribution is 5.28. The zero-order valence-corrected chi connectivity index (χ0v) is 15.2. The topological polar surface area (TPSA) is 73.2 Å². The van der Waals surface area contributed by atoms with Crippen molar-refractivity contribution in [3.63, 3.8) is 0 Å². The lowest BCUT2D eigenvalue weighted by molar-refractivity contribution is -0.213. The molecule has 0 aromatic rings. The third-order valence-corrected chi connectivity index (χ3v) is 8.43. The van der Waals surface area contributed by atoms with Crippen LogP contribution in [0.2, 0.25) is 0 Å². The van der Waals surface area contributed by atoms with Gasteiger partial charge in [-0.1, -0.05) is 26.8 Å². The molecule has 3 aliphatic carbocycles. The maximum atomic E-state index is 11.2. The molecular formula is C20H32O4. The van der Waals surface area contributed by atoms with E-state index < -0.39 is 17.6 Å². The normalized spacial score (nSPS) is 62.2. The number of aliphatic hydroxyl groups is 3. The number of hydrogen-bond acceptors (Lipinski definition) is 4. The monoisotopic (exact) mass is 336 g/mol. The molecule has 9 atom stereocenters. The first kappa shape index (κ1) is 17.0. The van der Waals surface area contributed by atoms with Crippen LogP contribution >= 0.6 is 0 Å². The van der Waals surface area contributed by atoms with Crippen LogP contribution in [0.3, 0.4) is 0 Å². The molecule has 4 nitrogen and oxygen atoms in total. The Morgan fingerprint density at radius 2 is 1.88 bits per heavy atom. The van der Waals surface area contributed by atoms with E-state index in [-0.39, 0.29) is 41.0 Å². The van der Waals surface area contributed by atoms with Crippen LogP contribution in [0.4, 0.5) is 0 Å². The van der Waals surface area contributed by atoms with Crippen molar-refractivity contribution in [1.82, 2.24) is 0 Å². The number of fused-ring (bicyclic) bond motifs is 2. The third-order valence-electron chi connectivity index (χ3n) is 8.43. The average Bonchev–Trinajstić information content (AvgIpc) is 3.25. The molecule has 0 amide bonds. The zero-order chi connectivity index (χ0) is 17.5. The van der Waals surface area contributed by atoms with Crippen LogP contribution in [-0.2, 0) is 4.74 Å². The van der Waals surface area contributed by atoms with Crippen LogP contribution in [0, 0.1) is 28.1 Å². The number of epoxide rings is 1. The van der Waals surface area contributed by atoms with Gasteiger partial charge in [0.15, 0.2) is 0 Å². The molecule has 4 rings (SSSR count). The van der Waals surface area contributed by atoms with E-state index in [1.54, 1.807) is 0 Å². The summed E-state index contributed by atoms with van der Waals surface area (Å²) in [4.78, 5) is 0. The first-order chi connectivity index (χ1) is 11.2. The minimum atomic E-state index is -0.620. The van der Waals surface area contributed by atoms with Gasteiger partial charge in [0.1, 0.15) is 11.7 Å². The Morgan fingerprint density at radius 3 is 2.50 bits per heavy atom. The van der Waals surface area contributed by atoms with Crippen LogP contribution in [-0.4, -0.2) is 45.8 Å². The summed E-state index contributed by atoms with van der Waals surface area (Å²) >= 11 is 0. The first-order valence-electron chi connectivity index (χ1n) is 9.45. The summed E-state index contributed by atoms with van der Waals surface area (Å²) in [5.41, 5.74) is -1.05. The summed E-state index contributed by atoms with van der Waals surface area (Å²) in [5.74, 6) is 0.107. The molecule has 3 N–H and O–H groups in total. The molecule has 1 aliphatic heterocycles. The molecule has 4 heteroatoms. The van der Waals surface area contributed by atoms with E-state index >= 15 is 0 Å². The number of allylic oxidation sites excluding steroid dienone is 1. The second kappa shape index (κ2) is 4.85. The molecule has 24 heavy (non-hydrogen) atoms. The molecule has 0 aromatic carbocycles. The van der Waals surface area contributed by atoms with Gasteiger partial charge in [-0.05, 0) is 48.9 Å². The minimum Gasteiger partial charge on any atom is -0.396 e. The van der Waals surface area contributed by atoms with Crippen molar-refractivity contribution in [3.05, 3.63) is 12.7 Å². The summed E-state index contributed by atoms with van der Waals surface area (Å²) < 4.78 is 6.23. The molecule has 4 aliphatic rings. The highest BCUT2D eigenvalue weighted by Gasteiger charge is 2.79. The van der Waals surface area contributed by atoms with Gasteiger partial charge in [-0.2, -0.15) is 0 Å². The Labute approximate surface area is 144 Å². The van der Waals surface area contributed by atoms with Gasteiger partial charge in [0.2, 0.25) is 0 Å². The van der Waals surface area contributed by atoms with E-state index in [4.69, 9.17) is 4.74 Å². The van der Waals surface area contributed by atoms with Gasteiger partial charge in [0, 0.05) is 17.9 Å². The van der Waals surface area contributed by atoms with Gasteiger partial charge >= 0.3 is 0 Å². The van der Waals surface area contributed by atoms with E-state index in [1.165, 1.54) is 0 Å². The average molecular weight is 336 g/mol. The van der Waals surface area contributed by atoms with Gasteiger partial charge in [-0.3, -0.25) is 0 Å². The van der Waals surface area contributed by atoms with E-state index in [0.717, 1.165) is 25.7 Å². The lowest BCUT2D eigenvalue weighted by atomic mass is 9.41. The van der Waals surface area contributed by atoms with Gasteiger partial charge < -0.3 is 20.1 Å². The van der Waals surface area contributed by atoms with E-state index in [2.05, 4.69) is 27.4 Å². The van der Waals surface area contributed by atoms with Crippen LogP contribution in [0.5, 0.6) is 0 Å². The summed E-state index contributed by atoms with van der Waals surface area (Å²) in [6.45, 7) is 10.5. The predicted molar refractivity (Wildman–Crippen MR) is 91.3 cm³/mol. The molecule has 1 heterocycles. The first-order valence-corrected chi connectivity index (χ1v) is 9.45. The summed E-state index contributed by atoms with van der Waals surface area (Å²) in [7, 11) is 0. The third kappa shape index (κ3) is 1.83. The molecule has 0 bridgehead atoms. The molecule has 1 saturated heterocycles.